The number of aromatic nitrogens is 4. The second kappa shape index (κ2) is 8.23. The Labute approximate surface area is 168 Å². The maximum Gasteiger partial charge on any atom is 0.437 e. The highest BCUT2D eigenvalue weighted by atomic mass is 32.1. The molecule has 0 spiro atoms. The topological polar surface area (TPSA) is 113 Å². The van der Waals surface area contributed by atoms with Gasteiger partial charge < -0.3 is 13.7 Å². The van der Waals surface area contributed by atoms with Crippen molar-refractivity contribution < 1.29 is 18.5 Å². The SMILES string of the molecule is Cc1ccc(-c2noc(COC(=O)CCn3nc(-c4cccs4)oc3=O)n2)cc1. The van der Waals surface area contributed by atoms with E-state index in [1.165, 1.54) is 11.3 Å². The third-order valence-electron chi connectivity index (χ3n) is 4.00. The summed E-state index contributed by atoms with van der Waals surface area (Å²) in [5, 5.41) is 9.82. The van der Waals surface area contributed by atoms with Gasteiger partial charge in [-0.2, -0.15) is 9.67 Å². The van der Waals surface area contributed by atoms with Gasteiger partial charge in [0.1, 0.15) is 0 Å². The average molecular weight is 412 g/mol. The van der Waals surface area contributed by atoms with E-state index in [1.54, 1.807) is 6.07 Å². The van der Waals surface area contributed by atoms with Crippen molar-refractivity contribution in [1.82, 2.24) is 19.9 Å². The van der Waals surface area contributed by atoms with Crippen LogP contribution in [-0.2, 0) is 22.7 Å². The first-order chi connectivity index (χ1) is 14.1. The van der Waals surface area contributed by atoms with Crippen LogP contribution in [0.3, 0.4) is 0 Å². The van der Waals surface area contributed by atoms with E-state index in [1.807, 2.05) is 42.6 Å². The summed E-state index contributed by atoms with van der Waals surface area (Å²) in [6.07, 6.45) is -0.0464. The zero-order valence-electron chi connectivity index (χ0n) is 15.4. The molecule has 9 nitrogen and oxygen atoms in total. The predicted molar refractivity (Wildman–Crippen MR) is 103 cm³/mol. The molecule has 0 atom stereocenters. The molecule has 0 bridgehead atoms. The van der Waals surface area contributed by atoms with E-state index in [2.05, 4.69) is 15.2 Å². The highest BCUT2D eigenvalue weighted by Gasteiger charge is 2.14. The fraction of sp³-hybridized carbons (Fsp3) is 0.211. The van der Waals surface area contributed by atoms with E-state index in [-0.39, 0.29) is 31.4 Å². The molecule has 4 rings (SSSR count). The summed E-state index contributed by atoms with van der Waals surface area (Å²) in [5.41, 5.74) is 1.93. The number of hydrogen-bond donors (Lipinski definition) is 0. The molecule has 4 aromatic rings. The van der Waals surface area contributed by atoms with Gasteiger partial charge in [0.15, 0.2) is 6.61 Å². The van der Waals surface area contributed by atoms with Crippen LogP contribution >= 0.6 is 11.3 Å². The van der Waals surface area contributed by atoms with Crippen molar-refractivity contribution in [2.45, 2.75) is 26.5 Å². The van der Waals surface area contributed by atoms with E-state index in [4.69, 9.17) is 13.7 Å². The third kappa shape index (κ3) is 4.49. The van der Waals surface area contributed by atoms with E-state index < -0.39 is 11.7 Å². The molecule has 0 unspecified atom stereocenters. The van der Waals surface area contributed by atoms with Gasteiger partial charge in [-0.25, -0.2) is 4.79 Å². The van der Waals surface area contributed by atoms with Crippen molar-refractivity contribution in [3.63, 3.8) is 0 Å². The lowest BCUT2D eigenvalue weighted by molar-refractivity contribution is -0.146. The van der Waals surface area contributed by atoms with E-state index in [9.17, 15) is 9.59 Å². The van der Waals surface area contributed by atoms with Crippen LogP contribution in [0.4, 0.5) is 0 Å². The first kappa shape index (κ1) is 18.8. The summed E-state index contributed by atoms with van der Waals surface area (Å²) < 4.78 is 16.4. The van der Waals surface area contributed by atoms with Crippen LogP contribution in [0.5, 0.6) is 0 Å². The lowest BCUT2D eigenvalue weighted by atomic mass is 10.1. The maximum atomic E-state index is 12.0. The van der Waals surface area contributed by atoms with Crippen molar-refractivity contribution in [1.29, 1.82) is 0 Å². The summed E-state index contributed by atoms with van der Waals surface area (Å²) in [6, 6.07) is 11.3. The van der Waals surface area contributed by atoms with Crippen molar-refractivity contribution >= 4 is 17.3 Å². The van der Waals surface area contributed by atoms with Crippen molar-refractivity contribution in [3.05, 3.63) is 63.8 Å². The number of rotatable bonds is 7. The maximum absolute atomic E-state index is 12.0. The molecular weight excluding hydrogens is 396 g/mol. The summed E-state index contributed by atoms with van der Waals surface area (Å²) in [4.78, 5) is 28.8. The van der Waals surface area contributed by atoms with Crippen LogP contribution in [0.2, 0.25) is 0 Å². The minimum atomic E-state index is -0.624. The van der Waals surface area contributed by atoms with Gasteiger partial charge in [0, 0.05) is 5.56 Å². The quantitative estimate of drug-likeness (QED) is 0.426. The molecule has 3 aromatic heterocycles. The number of benzene rings is 1. The fourth-order valence-corrected chi connectivity index (χ4v) is 3.14. The van der Waals surface area contributed by atoms with Gasteiger partial charge in [-0.1, -0.05) is 41.1 Å². The molecule has 0 N–H and O–H groups in total. The van der Waals surface area contributed by atoms with Crippen molar-refractivity contribution in [2.24, 2.45) is 0 Å². The van der Waals surface area contributed by atoms with Crippen LogP contribution in [-0.4, -0.2) is 25.9 Å². The highest BCUT2D eigenvalue weighted by molar-refractivity contribution is 7.13. The number of aryl methyl sites for hydroxylation is 2. The predicted octanol–water partition coefficient (Wildman–Crippen LogP) is 3.06. The molecule has 0 radical (unpaired) electrons. The van der Waals surface area contributed by atoms with Gasteiger partial charge in [0.05, 0.1) is 17.8 Å². The molecule has 10 heteroatoms. The normalized spacial score (nSPS) is 10.9. The zero-order valence-corrected chi connectivity index (χ0v) is 16.2. The highest BCUT2D eigenvalue weighted by Crippen LogP contribution is 2.21. The Morgan fingerprint density at radius 1 is 1.24 bits per heavy atom. The smallest absolute Gasteiger partial charge is 0.437 e. The average Bonchev–Trinajstić information content (AvgIpc) is 3.46. The van der Waals surface area contributed by atoms with E-state index >= 15 is 0 Å². The number of esters is 1. The third-order valence-corrected chi connectivity index (χ3v) is 4.86. The Morgan fingerprint density at radius 3 is 2.83 bits per heavy atom. The Hall–Kier alpha value is -3.53. The number of thiophene rings is 1. The van der Waals surface area contributed by atoms with Gasteiger partial charge in [-0.05, 0) is 18.4 Å². The van der Waals surface area contributed by atoms with Crippen LogP contribution in [0, 0.1) is 6.92 Å². The molecule has 29 heavy (non-hydrogen) atoms. The van der Waals surface area contributed by atoms with Crippen LogP contribution < -0.4 is 5.76 Å². The molecule has 0 saturated carbocycles. The molecule has 148 valence electrons. The van der Waals surface area contributed by atoms with Crippen LogP contribution in [0.1, 0.15) is 17.9 Å². The largest absolute Gasteiger partial charge is 0.455 e. The minimum Gasteiger partial charge on any atom is -0.455 e. The second-order valence-electron chi connectivity index (χ2n) is 6.16. The summed E-state index contributed by atoms with van der Waals surface area (Å²) >= 11 is 1.41. The first-order valence-corrected chi connectivity index (χ1v) is 9.63. The lowest BCUT2D eigenvalue weighted by Crippen LogP contribution is -2.18. The van der Waals surface area contributed by atoms with Gasteiger partial charge in [0.25, 0.3) is 11.8 Å². The van der Waals surface area contributed by atoms with Crippen molar-refractivity contribution in [2.75, 3.05) is 0 Å². The molecular formula is C19H16N4O5S. The van der Waals surface area contributed by atoms with Gasteiger partial charge in [-0.3, -0.25) is 4.79 Å². The lowest BCUT2D eigenvalue weighted by Gasteiger charge is -2.01. The Bertz CT molecular complexity index is 1160. The van der Waals surface area contributed by atoms with Crippen LogP contribution in [0.15, 0.2) is 55.5 Å². The number of carbonyl (C=O) groups is 1. The number of ether oxygens (including phenoxy) is 1. The van der Waals surface area contributed by atoms with Gasteiger partial charge in [0.2, 0.25) is 5.82 Å². The second-order valence-corrected chi connectivity index (χ2v) is 7.11. The van der Waals surface area contributed by atoms with Gasteiger partial charge in [-0.15, -0.1) is 16.4 Å². The molecule has 0 saturated heterocycles. The monoisotopic (exact) mass is 412 g/mol. The first-order valence-electron chi connectivity index (χ1n) is 8.75. The summed E-state index contributed by atoms with van der Waals surface area (Å²) in [6.45, 7) is 1.89. The van der Waals surface area contributed by atoms with Crippen LogP contribution in [0.25, 0.3) is 22.2 Å². The number of nitrogens with zero attached hydrogens (tertiary/aromatic N) is 4. The molecule has 0 aliphatic heterocycles. The zero-order chi connectivity index (χ0) is 20.2. The number of hydrogen-bond acceptors (Lipinski definition) is 9. The Morgan fingerprint density at radius 2 is 2.07 bits per heavy atom. The molecule has 1 aromatic carbocycles. The Kier molecular flexibility index (Phi) is 5.34. The summed E-state index contributed by atoms with van der Waals surface area (Å²) in [5.74, 6) is -0.305. The minimum absolute atomic E-state index is 0.0464. The van der Waals surface area contributed by atoms with Crippen molar-refractivity contribution in [3.8, 4) is 22.2 Å². The molecule has 0 amide bonds. The Balaban J connectivity index is 1.30. The standard InChI is InChI=1S/C19H16N4O5S/c1-12-4-6-13(7-5-12)17-20-15(28-22-17)11-26-16(24)8-9-23-19(25)27-18(21-23)14-3-2-10-29-14/h2-7,10H,8-9,11H2,1H3. The molecule has 3 heterocycles. The molecule has 0 aliphatic rings. The summed E-state index contributed by atoms with van der Waals surface area (Å²) in [7, 11) is 0. The van der Waals surface area contributed by atoms with Gasteiger partial charge >= 0.3 is 11.7 Å². The van der Waals surface area contributed by atoms with E-state index in [0.717, 1.165) is 20.7 Å². The van der Waals surface area contributed by atoms with E-state index in [0.29, 0.717) is 5.82 Å². The molecule has 0 aliphatic carbocycles. The number of carbonyl (C=O) groups excluding carboxylic acids is 1. The molecule has 0 fully saturated rings. The fourth-order valence-electron chi connectivity index (χ4n) is 2.49.